The molecule has 154 valence electrons. The average Bonchev–Trinajstić information content (AvgIpc) is 2.72. The summed E-state index contributed by atoms with van der Waals surface area (Å²) in [6.45, 7) is 4.16. The second-order valence-corrected chi connectivity index (χ2v) is 7.61. The number of nitrogens with one attached hydrogen (secondary N) is 2. The van der Waals surface area contributed by atoms with Gasteiger partial charge in [-0.15, -0.1) is 0 Å². The van der Waals surface area contributed by atoms with Gasteiger partial charge in [-0.25, -0.2) is 0 Å². The Bertz CT molecular complexity index is 725. The molecule has 2 N–H and O–H groups in total. The molecular weight excluding hydrogens is 356 g/mol. The van der Waals surface area contributed by atoms with Crippen LogP contribution in [0, 0.1) is 5.41 Å². The smallest absolute Gasteiger partial charge is 0.235 e. The second-order valence-electron chi connectivity index (χ2n) is 7.61. The normalized spacial score (nSPS) is 14.1. The van der Waals surface area contributed by atoms with Crippen molar-refractivity contribution < 1.29 is 19.1 Å². The molecule has 0 unspecified atom stereocenters. The minimum Gasteiger partial charge on any atom is -0.493 e. The van der Waals surface area contributed by atoms with Gasteiger partial charge < -0.3 is 20.1 Å². The first-order chi connectivity index (χ1) is 13.4. The second kappa shape index (κ2) is 10.2. The average molecular weight is 389 g/mol. The molecule has 0 saturated heterocycles. The summed E-state index contributed by atoms with van der Waals surface area (Å²) < 4.78 is 10.5. The lowest BCUT2D eigenvalue weighted by Crippen LogP contribution is -2.47. The van der Waals surface area contributed by atoms with E-state index in [-0.39, 0.29) is 11.8 Å². The lowest BCUT2D eigenvalue weighted by Gasteiger charge is -2.23. The molecule has 0 radical (unpaired) electrons. The fraction of sp³-hybridized carbons (Fsp3) is 0.545. The van der Waals surface area contributed by atoms with Crippen molar-refractivity contribution >= 4 is 11.8 Å². The van der Waals surface area contributed by atoms with Gasteiger partial charge in [-0.05, 0) is 63.6 Å². The lowest BCUT2D eigenvalue weighted by atomic mass is 9.90. The molecule has 0 saturated carbocycles. The fourth-order valence-electron chi connectivity index (χ4n) is 3.19. The molecule has 0 atom stereocenters. The third-order valence-corrected chi connectivity index (χ3v) is 5.15. The third kappa shape index (κ3) is 5.75. The number of rotatable bonds is 9. The number of methoxy groups -OCH3 is 2. The van der Waals surface area contributed by atoms with Crippen molar-refractivity contribution in [3.05, 3.63) is 35.4 Å². The SMILES string of the molecule is COc1ccc(CNC(=O)C(C)(C)C(=O)NCCC2=CCCCC2)cc1OC. The van der Waals surface area contributed by atoms with E-state index in [9.17, 15) is 9.59 Å². The summed E-state index contributed by atoms with van der Waals surface area (Å²) in [5.74, 6) is 0.666. The molecule has 6 nitrogen and oxygen atoms in total. The maximum absolute atomic E-state index is 12.6. The Labute approximate surface area is 167 Å². The summed E-state index contributed by atoms with van der Waals surface area (Å²) in [5, 5.41) is 5.75. The number of carbonyl (C=O) groups is 2. The van der Waals surface area contributed by atoms with Gasteiger partial charge in [-0.2, -0.15) is 0 Å². The van der Waals surface area contributed by atoms with Crippen LogP contribution in [0.3, 0.4) is 0 Å². The van der Waals surface area contributed by atoms with Gasteiger partial charge in [0.25, 0.3) is 0 Å². The number of hydrogen-bond donors (Lipinski definition) is 2. The molecule has 0 heterocycles. The highest BCUT2D eigenvalue weighted by atomic mass is 16.5. The summed E-state index contributed by atoms with van der Waals surface area (Å²) in [6.07, 6.45) is 7.86. The van der Waals surface area contributed by atoms with Crippen LogP contribution in [0.1, 0.15) is 51.5 Å². The number of allylic oxidation sites excluding steroid dienone is 1. The number of amides is 2. The molecule has 0 aliphatic heterocycles. The molecule has 2 amide bonds. The van der Waals surface area contributed by atoms with Crippen molar-refractivity contribution in [2.24, 2.45) is 5.41 Å². The molecular formula is C22H32N2O4. The van der Waals surface area contributed by atoms with Crippen molar-refractivity contribution in [3.63, 3.8) is 0 Å². The first kappa shape index (κ1) is 21.8. The van der Waals surface area contributed by atoms with Crippen LogP contribution in [0.4, 0.5) is 0 Å². The molecule has 0 spiro atoms. The molecule has 6 heteroatoms. The standard InChI is InChI=1S/C22H32N2O4/c1-22(2,20(25)23-13-12-16-8-6-5-7-9-16)21(26)24-15-17-10-11-18(27-3)19(14-17)28-4/h8,10-11,14H,5-7,9,12-13,15H2,1-4H3,(H,23,25)(H,24,26). The quantitative estimate of drug-likeness (QED) is 0.502. The van der Waals surface area contributed by atoms with Gasteiger partial charge in [0.05, 0.1) is 14.2 Å². The largest absolute Gasteiger partial charge is 0.493 e. The maximum Gasteiger partial charge on any atom is 0.235 e. The van der Waals surface area contributed by atoms with Crippen LogP contribution < -0.4 is 20.1 Å². The Morgan fingerprint density at radius 1 is 1.04 bits per heavy atom. The third-order valence-electron chi connectivity index (χ3n) is 5.15. The van der Waals surface area contributed by atoms with E-state index in [4.69, 9.17) is 9.47 Å². The molecule has 1 aromatic rings. The highest BCUT2D eigenvalue weighted by Crippen LogP contribution is 2.27. The predicted molar refractivity (Wildman–Crippen MR) is 109 cm³/mol. The fourth-order valence-corrected chi connectivity index (χ4v) is 3.19. The molecule has 0 fully saturated rings. The van der Waals surface area contributed by atoms with Crippen molar-refractivity contribution in [3.8, 4) is 11.5 Å². The predicted octanol–water partition coefficient (Wildman–Crippen LogP) is 3.35. The van der Waals surface area contributed by atoms with Gasteiger partial charge in [-0.1, -0.05) is 17.7 Å². The van der Waals surface area contributed by atoms with Crippen LogP contribution in [0.25, 0.3) is 0 Å². The number of benzene rings is 1. The number of ether oxygens (including phenoxy) is 2. The van der Waals surface area contributed by atoms with Crippen LogP contribution in [-0.2, 0) is 16.1 Å². The van der Waals surface area contributed by atoms with E-state index in [2.05, 4.69) is 16.7 Å². The Morgan fingerprint density at radius 3 is 2.39 bits per heavy atom. The van der Waals surface area contributed by atoms with Crippen molar-refractivity contribution in [2.45, 2.75) is 52.5 Å². The zero-order chi connectivity index (χ0) is 20.6. The summed E-state index contributed by atoms with van der Waals surface area (Å²) in [5.41, 5.74) is 1.13. The van der Waals surface area contributed by atoms with E-state index in [1.54, 1.807) is 34.1 Å². The van der Waals surface area contributed by atoms with Crippen molar-refractivity contribution in [2.75, 3.05) is 20.8 Å². The topological polar surface area (TPSA) is 76.7 Å². The van der Waals surface area contributed by atoms with Crippen molar-refractivity contribution in [1.82, 2.24) is 10.6 Å². The van der Waals surface area contributed by atoms with Gasteiger partial charge in [0.1, 0.15) is 5.41 Å². The van der Waals surface area contributed by atoms with Gasteiger partial charge in [0, 0.05) is 13.1 Å². The monoisotopic (exact) mass is 388 g/mol. The van der Waals surface area contributed by atoms with E-state index < -0.39 is 5.41 Å². The molecule has 1 aromatic carbocycles. The highest BCUT2D eigenvalue weighted by Gasteiger charge is 2.35. The zero-order valence-electron chi connectivity index (χ0n) is 17.4. The van der Waals surface area contributed by atoms with Crippen LogP contribution in [0.15, 0.2) is 29.8 Å². The van der Waals surface area contributed by atoms with Gasteiger partial charge in [-0.3, -0.25) is 9.59 Å². The minimum absolute atomic E-state index is 0.256. The minimum atomic E-state index is -1.14. The Kier molecular flexibility index (Phi) is 7.91. The zero-order valence-corrected chi connectivity index (χ0v) is 17.4. The van der Waals surface area contributed by atoms with Crippen LogP contribution in [0.5, 0.6) is 11.5 Å². The van der Waals surface area contributed by atoms with Gasteiger partial charge in [0.15, 0.2) is 11.5 Å². The van der Waals surface area contributed by atoms with E-state index in [0.717, 1.165) is 24.8 Å². The van der Waals surface area contributed by atoms with Crippen LogP contribution in [-0.4, -0.2) is 32.6 Å². The first-order valence-electron chi connectivity index (χ1n) is 9.84. The highest BCUT2D eigenvalue weighted by molar-refractivity contribution is 6.04. The maximum atomic E-state index is 12.6. The summed E-state index contributed by atoms with van der Waals surface area (Å²) in [7, 11) is 3.14. The summed E-state index contributed by atoms with van der Waals surface area (Å²) in [6, 6.07) is 5.45. The van der Waals surface area contributed by atoms with Crippen LogP contribution in [0.2, 0.25) is 0 Å². The molecule has 2 rings (SSSR count). The lowest BCUT2D eigenvalue weighted by molar-refractivity contribution is -0.141. The van der Waals surface area contributed by atoms with Crippen molar-refractivity contribution in [1.29, 1.82) is 0 Å². The molecule has 0 bridgehead atoms. The van der Waals surface area contributed by atoms with E-state index in [1.165, 1.54) is 18.4 Å². The summed E-state index contributed by atoms with van der Waals surface area (Å²) in [4.78, 5) is 25.1. The summed E-state index contributed by atoms with van der Waals surface area (Å²) >= 11 is 0. The van der Waals surface area contributed by atoms with Gasteiger partial charge in [0.2, 0.25) is 11.8 Å². The Balaban J connectivity index is 1.85. The Hall–Kier alpha value is -2.50. The first-order valence-corrected chi connectivity index (χ1v) is 9.84. The molecule has 1 aliphatic carbocycles. The van der Waals surface area contributed by atoms with Gasteiger partial charge >= 0.3 is 0 Å². The van der Waals surface area contributed by atoms with E-state index in [1.807, 2.05) is 12.1 Å². The number of carbonyl (C=O) groups excluding carboxylic acids is 2. The molecule has 0 aromatic heterocycles. The van der Waals surface area contributed by atoms with E-state index in [0.29, 0.717) is 24.6 Å². The molecule has 1 aliphatic rings. The Morgan fingerprint density at radius 2 is 1.75 bits per heavy atom. The number of hydrogen-bond acceptors (Lipinski definition) is 4. The van der Waals surface area contributed by atoms with E-state index >= 15 is 0 Å². The molecule has 28 heavy (non-hydrogen) atoms. The van der Waals surface area contributed by atoms with Crippen LogP contribution >= 0.6 is 0 Å².